The Labute approximate surface area is 135 Å². The van der Waals surface area contributed by atoms with Gasteiger partial charge in [0.25, 0.3) is 0 Å². The minimum absolute atomic E-state index is 0.0954. The van der Waals surface area contributed by atoms with Crippen LogP contribution in [0.1, 0.15) is 11.1 Å². The number of hydrogen-bond acceptors (Lipinski definition) is 4. The normalized spacial score (nSPS) is 16.9. The van der Waals surface area contributed by atoms with Gasteiger partial charge in [-0.05, 0) is 42.3 Å². The summed E-state index contributed by atoms with van der Waals surface area (Å²) in [4.78, 5) is 0.161. The molecule has 1 aliphatic heterocycles. The van der Waals surface area contributed by atoms with Gasteiger partial charge in [-0.25, -0.2) is 13.1 Å². The highest BCUT2D eigenvalue weighted by atomic mass is 32.2. The van der Waals surface area contributed by atoms with E-state index in [-0.39, 0.29) is 10.8 Å². The van der Waals surface area contributed by atoms with E-state index in [1.165, 1.54) is 24.3 Å². The van der Waals surface area contributed by atoms with Gasteiger partial charge in [-0.1, -0.05) is 18.2 Å². The third-order valence-electron chi connectivity index (χ3n) is 3.81. The maximum absolute atomic E-state index is 12.3. The van der Waals surface area contributed by atoms with E-state index in [0.29, 0.717) is 18.7 Å². The van der Waals surface area contributed by atoms with Crippen molar-refractivity contribution in [2.24, 2.45) is 5.92 Å². The summed E-state index contributed by atoms with van der Waals surface area (Å²) in [6.07, 6.45) is 0.784. The van der Waals surface area contributed by atoms with Crippen LogP contribution < -0.4 is 9.46 Å². The Morgan fingerprint density at radius 1 is 1.17 bits per heavy atom. The molecule has 118 valence electrons. The molecule has 1 aliphatic rings. The molecule has 2 aromatic rings. The average Bonchev–Trinajstić information content (AvgIpc) is 2.60. The van der Waals surface area contributed by atoms with Crippen molar-refractivity contribution in [3.63, 3.8) is 0 Å². The van der Waals surface area contributed by atoms with Crippen molar-refractivity contribution < 1.29 is 13.2 Å². The van der Waals surface area contributed by atoms with Gasteiger partial charge in [0.2, 0.25) is 10.0 Å². The summed E-state index contributed by atoms with van der Waals surface area (Å²) in [6, 6.07) is 15.6. The van der Waals surface area contributed by atoms with Gasteiger partial charge < -0.3 is 4.74 Å². The summed E-state index contributed by atoms with van der Waals surface area (Å²) < 4.78 is 32.9. The number of hydrogen-bond donors (Lipinski definition) is 1. The molecule has 1 N–H and O–H groups in total. The Morgan fingerprint density at radius 2 is 1.91 bits per heavy atom. The fraction of sp³-hybridized carbons (Fsp3) is 0.235. The number of fused-ring (bicyclic) bond motifs is 1. The Bertz CT molecular complexity index is 839. The van der Waals surface area contributed by atoms with Crippen LogP contribution >= 0.6 is 0 Å². The molecule has 0 radical (unpaired) electrons. The van der Waals surface area contributed by atoms with Gasteiger partial charge in [0.1, 0.15) is 5.75 Å². The molecule has 0 amide bonds. The van der Waals surface area contributed by atoms with Gasteiger partial charge in [0, 0.05) is 12.5 Å². The van der Waals surface area contributed by atoms with E-state index in [1.54, 1.807) is 0 Å². The lowest BCUT2D eigenvalue weighted by atomic mass is 9.97. The number of nitrogens with one attached hydrogen (secondary N) is 1. The van der Waals surface area contributed by atoms with Crippen LogP contribution in [0.4, 0.5) is 0 Å². The highest BCUT2D eigenvalue weighted by Gasteiger charge is 2.22. The van der Waals surface area contributed by atoms with Gasteiger partial charge in [-0.3, -0.25) is 0 Å². The lowest BCUT2D eigenvalue weighted by Gasteiger charge is -2.25. The Kier molecular flexibility index (Phi) is 4.33. The largest absolute Gasteiger partial charge is 0.493 e. The molecule has 3 rings (SSSR count). The lowest BCUT2D eigenvalue weighted by Crippen LogP contribution is -2.34. The molecule has 2 aromatic carbocycles. The fourth-order valence-corrected chi connectivity index (χ4v) is 3.66. The summed E-state index contributed by atoms with van der Waals surface area (Å²) in [5, 5.41) is 8.76. The molecule has 23 heavy (non-hydrogen) atoms. The monoisotopic (exact) mass is 328 g/mol. The zero-order valence-electron chi connectivity index (χ0n) is 12.4. The molecule has 0 aliphatic carbocycles. The molecule has 1 unspecified atom stereocenters. The summed E-state index contributed by atoms with van der Waals surface area (Å²) in [6.45, 7) is 0.809. The summed E-state index contributed by atoms with van der Waals surface area (Å²) in [5.41, 5.74) is 1.53. The van der Waals surface area contributed by atoms with E-state index in [2.05, 4.69) is 4.72 Å². The first-order valence-corrected chi connectivity index (χ1v) is 8.77. The summed E-state index contributed by atoms with van der Waals surface area (Å²) in [5.74, 6) is 0.969. The SMILES string of the molecule is N#Cc1ccc(S(=O)(=O)NCC2COc3ccccc3C2)cc1. The van der Waals surface area contributed by atoms with Crippen LogP contribution in [-0.4, -0.2) is 21.6 Å². The molecule has 0 fully saturated rings. The number of sulfonamides is 1. The van der Waals surface area contributed by atoms with E-state index in [1.807, 2.05) is 30.3 Å². The lowest BCUT2D eigenvalue weighted by molar-refractivity contribution is 0.223. The minimum Gasteiger partial charge on any atom is -0.493 e. The number of nitrogens with zero attached hydrogens (tertiary/aromatic N) is 1. The topological polar surface area (TPSA) is 79.2 Å². The number of nitriles is 1. The van der Waals surface area contributed by atoms with Gasteiger partial charge >= 0.3 is 0 Å². The molecule has 1 heterocycles. The second-order valence-electron chi connectivity index (χ2n) is 5.48. The zero-order valence-corrected chi connectivity index (χ0v) is 13.2. The predicted octanol–water partition coefficient (Wildman–Crippen LogP) is 2.09. The van der Waals surface area contributed by atoms with Crippen molar-refractivity contribution >= 4 is 10.0 Å². The fourth-order valence-electron chi connectivity index (χ4n) is 2.54. The van der Waals surface area contributed by atoms with Crippen LogP contribution in [-0.2, 0) is 16.4 Å². The molecule has 6 heteroatoms. The molecule has 5 nitrogen and oxygen atoms in total. The van der Waals surface area contributed by atoms with Crippen molar-refractivity contribution in [2.75, 3.05) is 13.2 Å². The minimum atomic E-state index is -3.58. The van der Waals surface area contributed by atoms with E-state index in [9.17, 15) is 8.42 Å². The second-order valence-corrected chi connectivity index (χ2v) is 7.24. The second kappa shape index (κ2) is 6.41. The third kappa shape index (κ3) is 3.52. The van der Waals surface area contributed by atoms with Crippen LogP contribution in [0.2, 0.25) is 0 Å². The smallest absolute Gasteiger partial charge is 0.240 e. The van der Waals surface area contributed by atoms with E-state index >= 15 is 0 Å². The molecule has 0 aromatic heterocycles. The molecule has 0 spiro atoms. The maximum Gasteiger partial charge on any atom is 0.240 e. The molecular weight excluding hydrogens is 312 g/mol. The first-order chi connectivity index (χ1) is 11.1. The van der Waals surface area contributed by atoms with Crippen molar-refractivity contribution in [1.82, 2.24) is 4.72 Å². The van der Waals surface area contributed by atoms with Crippen LogP contribution in [0.25, 0.3) is 0 Å². The van der Waals surface area contributed by atoms with E-state index < -0.39 is 10.0 Å². The number of ether oxygens (including phenoxy) is 1. The summed E-state index contributed by atoms with van der Waals surface area (Å²) >= 11 is 0. The summed E-state index contributed by atoms with van der Waals surface area (Å²) in [7, 11) is -3.58. The Balaban J connectivity index is 1.65. The number of rotatable bonds is 4. The van der Waals surface area contributed by atoms with Crippen LogP contribution in [0.3, 0.4) is 0 Å². The van der Waals surface area contributed by atoms with Crippen molar-refractivity contribution in [3.8, 4) is 11.8 Å². The first kappa shape index (κ1) is 15.5. The van der Waals surface area contributed by atoms with Gasteiger partial charge in [-0.2, -0.15) is 5.26 Å². The molecule has 0 bridgehead atoms. The van der Waals surface area contributed by atoms with Gasteiger partial charge in [-0.15, -0.1) is 0 Å². The average molecular weight is 328 g/mol. The van der Waals surface area contributed by atoms with Crippen molar-refractivity contribution in [1.29, 1.82) is 5.26 Å². The third-order valence-corrected chi connectivity index (χ3v) is 5.25. The van der Waals surface area contributed by atoms with Crippen LogP contribution in [0.5, 0.6) is 5.75 Å². The molecule has 0 saturated carbocycles. The van der Waals surface area contributed by atoms with Crippen molar-refractivity contribution in [3.05, 3.63) is 59.7 Å². The zero-order chi connectivity index (χ0) is 16.3. The standard InChI is InChI=1S/C17H16N2O3S/c18-10-13-5-7-16(8-6-13)23(20,21)19-11-14-9-15-3-1-2-4-17(15)22-12-14/h1-8,14,19H,9,11-12H2. The quantitative estimate of drug-likeness (QED) is 0.932. The maximum atomic E-state index is 12.3. The van der Waals surface area contributed by atoms with E-state index in [0.717, 1.165) is 17.7 Å². The first-order valence-electron chi connectivity index (χ1n) is 7.29. The van der Waals surface area contributed by atoms with E-state index in [4.69, 9.17) is 10.00 Å². The van der Waals surface area contributed by atoms with Crippen LogP contribution in [0.15, 0.2) is 53.4 Å². The molecule has 1 atom stereocenters. The highest BCUT2D eigenvalue weighted by Crippen LogP contribution is 2.26. The van der Waals surface area contributed by atoms with Gasteiger partial charge in [0.15, 0.2) is 0 Å². The highest BCUT2D eigenvalue weighted by molar-refractivity contribution is 7.89. The number of benzene rings is 2. The predicted molar refractivity (Wildman–Crippen MR) is 85.5 cm³/mol. The molecular formula is C17H16N2O3S. The molecule has 0 saturated heterocycles. The number of para-hydroxylation sites is 1. The van der Waals surface area contributed by atoms with Crippen LogP contribution in [0, 0.1) is 17.2 Å². The van der Waals surface area contributed by atoms with Crippen molar-refractivity contribution in [2.45, 2.75) is 11.3 Å². The Hall–Kier alpha value is -2.36. The van der Waals surface area contributed by atoms with Gasteiger partial charge in [0.05, 0.1) is 23.1 Å². The Morgan fingerprint density at radius 3 is 2.65 bits per heavy atom.